The summed E-state index contributed by atoms with van der Waals surface area (Å²) >= 11 is 0. The average Bonchev–Trinajstić information content (AvgIpc) is 2.68. The maximum atomic E-state index is 5.73. The maximum Gasteiger partial charge on any atom is 0.130 e. The van der Waals surface area contributed by atoms with Crippen LogP contribution in [-0.4, -0.2) is 0 Å². The molecule has 0 spiro atoms. The van der Waals surface area contributed by atoms with Gasteiger partial charge in [-0.05, 0) is 18.6 Å². The van der Waals surface area contributed by atoms with E-state index in [4.69, 9.17) is 10.2 Å². The molecule has 2 nitrogen and oxygen atoms in total. The number of nitrogen functional groups attached to an aromatic ring is 1. The Morgan fingerprint density at radius 1 is 1.19 bits per heavy atom. The molecular weight excluding hydrogens is 198 g/mol. The molecule has 2 heteroatoms. The third kappa shape index (κ3) is 3.16. The molecule has 0 saturated carbocycles. The first-order chi connectivity index (χ1) is 7.75. The number of aryl methyl sites for hydroxylation is 1. The molecule has 0 amide bonds. The van der Waals surface area contributed by atoms with Crippen molar-refractivity contribution in [2.45, 2.75) is 27.2 Å². The van der Waals surface area contributed by atoms with E-state index < -0.39 is 0 Å². The summed E-state index contributed by atoms with van der Waals surface area (Å²) < 4.78 is 5.28. The number of rotatable bonds is 2. The third-order valence-electron chi connectivity index (χ3n) is 2.23. The first-order valence-corrected chi connectivity index (χ1v) is 5.63. The maximum absolute atomic E-state index is 5.73. The lowest BCUT2D eigenvalue weighted by Crippen LogP contribution is -1.91. The zero-order valence-electron chi connectivity index (χ0n) is 10.2. The van der Waals surface area contributed by atoms with Crippen LogP contribution < -0.4 is 5.73 Å². The quantitative estimate of drug-likeness (QED) is 0.831. The van der Waals surface area contributed by atoms with Gasteiger partial charge in [-0.2, -0.15) is 0 Å². The highest BCUT2D eigenvalue weighted by Crippen LogP contribution is 2.17. The van der Waals surface area contributed by atoms with Gasteiger partial charge < -0.3 is 10.2 Å². The standard InChI is InChI=1S/C12H13NO.C2H6/c1-9-3-2-4-10(7-9)8-12-11(13)5-6-14-12;1-2/h2-7H,8,13H2,1H3;1-2H3. The van der Waals surface area contributed by atoms with Crippen molar-refractivity contribution in [1.29, 1.82) is 0 Å². The van der Waals surface area contributed by atoms with Gasteiger partial charge in [0.1, 0.15) is 5.76 Å². The fourth-order valence-electron chi connectivity index (χ4n) is 1.50. The molecule has 0 bridgehead atoms. The van der Waals surface area contributed by atoms with Crippen molar-refractivity contribution in [1.82, 2.24) is 0 Å². The fourth-order valence-corrected chi connectivity index (χ4v) is 1.50. The van der Waals surface area contributed by atoms with Crippen LogP contribution in [0.5, 0.6) is 0 Å². The van der Waals surface area contributed by atoms with Crippen LogP contribution in [0.2, 0.25) is 0 Å². The molecule has 1 aromatic carbocycles. The van der Waals surface area contributed by atoms with E-state index in [1.807, 2.05) is 19.9 Å². The molecule has 0 radical (unpaired) electrons. The fraction of sp³-hybridized carbons (Fsp3) is 0.286. The molecule has 2 N–H and O–H groups in total. The molecule has 1 aromatic heterocycles. The monoisotopic (exact) mass is 217 g/mol. The highest BCUT2D eigenvalue weighted by Gasteiger charge is 2.03. The van der Waals surface area contributed by atoms with Gasteiger partial charge in [0.25, 0.3) is 0 Å². The molecule has 0 fully saturated rings. The topological polar surface area (TPSA) is 39.2 Å². The molecule has 0 saturated heterocycles. The number of hydrogen-bond donors (Lipinski definition) is 1. The number of benzene rings is 1. The summed E-state index contributed by atoms with van der Waals surface area (Å²) in [6, 6.07) is 10.1. The van der Waals surface area contributed by atoms with Crippen molar-refractivity contribution >= 4 is 5.69 Å². The van der Waals surface area contributed by atoms with E-state index in [2.05, 4.69) is 25.1 Å². The summed E-state index contributed by atoms with van der Waals surface area (Å²) in [5.74, 6) is 0.843. The predicted molar refractivity (Wildman–Crippen MR) is 68.5 cm³/mol. The predicted octanol–water partition coefficient (Wildman–Crippen LogP) is 3.79. The molecule has 0 aliphatic carbocycles. The zero-order chi connectivity index (χ0) is 12.0. The summed E-state index contributed by atoms with van der Waals surface area (Å²) in [6.45, 7) is 6.08. The van der Waals surface area contributed by atoms with Crippen molar-refractivity contribution in [3.8, 4) is 0 Å². The molecule has 0 aliphatic heterocycles. The number of anilines is 1. The van der Waals surface area contributed by atoms with Crippen LogP contribution in [-0.2, 0) is 6.42 Å². The van der Waals surface area contributed by atoms with Crippen molar-refractivity contribution < 1.29 is 4.42 Å². The first kappa shape index (κ1) is 12.4. The minimum atomic E-state index is 0.728. The van der Waals surface area contributed by atoms with Crippen LogP contribution >= 0.6 is 0 Å². The molecular formula is C14H19NO. The molecule has 0 aliphatic rings. The van der Waals surface area contributed by atoms with Crippen LogP contribution in [0.4, 0.5) is 5.69 Å². The van der Waals surface area contributed by atoms with Crippen LogP contribution in [0.1, 0.15) is 30.7 Å². The smallest absolute Gasteiger partial charge is 0.130 e. The van der Waals surface area contributed by atoms with Gasteiger partial charge in [0, 0.05) is 6.42 Å². The minimum absolute atomic E-state index is 0.728. The summed E-state index contributed by atoms with van der Waals surface area (Å²) in [6.07, 6.45) is 2.39. The number of furan rings is 1. The van der Waals surface area contributed by atoms with E-state index in [9.17, 15) is 0 Å². The molecule has 16 heavy (non-hydrogen) atoms. The van der Waals surface area contributed by atoms with Crippen molar-refractivity contribution in [2.24, 2.45) is 0 Å². The van der Waals surface area contributed by atoms with Gasteiger partial charge in [0.15, 0.2) is 0 Å². The van der Waals surface area contributed by atoms with E-state index in [0.717, 1.165) is 17.9 Å². The van der Waals surface area contributed by atoms with Gasteiger partial charge in [0.05, 0.1) is 12.0 Å². The Morgan fingerprint density at radius 3 is 2.50 bits per heavy atom. The summed E-state index contributed by atoms with van der Waals surface area (Å²) in [5, 5.41) is 0. The van der Waals surface area contributed by atoms with Gasteiger partial charge in [-0.25, -0.2) is 0 Å². The van der Waals surface area contributed by atoms with Crippen LogP contribution in [0, 0.1) is 6.92 Å². The van der Waals surface area contributed by atoms with E-state index in [1.165, 1.54) is 11.1 Å². The Kier molecular flexibility index (Phi) is 4.65. The van der Waals surface area contributed by atoms with Crippen LogP contribution in [0.25, 0.3) is 0 Å². The first-order valence-electron chi connectivity index (χ1n) is 5.63. The van der Waals surface area contributed by atoms with E-state index in [0.29, 0.717) is 0 Å². The van der Waals surface area contributed by atoms with Crippen molar-refractivity contribution in [3.63, 3.8) is 0 Å². The normalized spacial score (nSPS) is 9.44. The largest absolute Gasteiger partial charge is 0.467 e. The zero-order valence-corrected chi connectivity index (χ0v) is 10.2. The second-order valence-corrected chi connectivity index (χ2v) is 3.46. The minimum Gasteiger partial charge on any atom is -0.467 e. The van der Waals surface area contributed by atoms with Crippen LogP contribution in [0.15, 0.2) is 41.0 Å². The molecule has 2 aromatic rings. The summed E-state index contributed by atoms with van der Waals surface area (Å²) in [4.78, 5) is 0. The number of nitrogens with two attached hydrogens (primary N) is 1. The lowest BCUT2D eigenvalue weighted by molar-refractivity contribution is 0.522. The lowest BCUT2D eigenvalue weighted by atomic mass is 10.1. The molecule has 0 unspecified atom stereocenters. The SMILES string of the molecule is CC.Cc1cccc(Cc2occc2N)c1. The molecule has 2 rings (SSSR count). The van der Waals surface area contributed by atoms with E-state index in [1.54, 1.807) is 12.3 Å². The molecule has 86 valence electrons. The summed E-state index contributed by atoms with van der Waals surface area (Å²) in [5.41, 5.74) is 8.95. The third-order valence-corrected chi connectivity index (χ3v) is 2.23. The van der Waals surface area contributed by atoms with Crippen LogP contribution in [0.3, 0.4) is 0 Å². The average molecular weight is 217 g/mol. The lowest BCUT2D eigenvalue weighted by Gasteiger charge is -2.00. The Labute approximate surface area is 97.1 Å². The molecule has 0 atom stereocenters. The number of hydrogen-bond acceptors (Lipinski definition) is 2. The second kappa shape index (κ2) is 6.01. The Morgan fingerprint density at radius 2 is 1.94 bits per heavy atom. The van der Waals surface area contributed by atoms with Crippen molar-refractivity contribution in [3.05, 3.63) is 53.5 Å². The van der Waals surface area contributed by atoms with E-state index in [-0.39, 0.29) is 0 Å². The highest BCUT2D eigenvalue weighted by atomic mass is 16.3. The van der Waals surface area contributed by atoms with Gasteiger partial charge in [-0.1, -0.05) is 43.7 Å². The summed E-state index contributed by atoms with van der Waals surface area (Å²) in [7, 11) is 0. The van der Waals surface area contributed by atoms with Gasteiger partial charge >= 0.3 is 0 Å². The highest BCUT2D eigenvalue weighted by molar-refractivity contribution is 5.43. The Hall–Kier alpha value is -1.70. The Bertz CT molecular complexity index is 432. The van der Waals surface area contributed by atoms with Gasteiger partial charge in [-0.15, -0.1) is 0 Å². The van der Waals surface area contributed by atoms with Gasteiger partial charge in [0.2, 0.25) is 0 Å². The second-order valence-electron chi connectivity index (χ2n) is 3.46. The molecule has 1 heterocycles. The van der Waals surface area contributed by atoms with Crippen molar-refractivity contribution in [2.75, 3.05) is 5.73 Å². The Balaban J connectivity index is 0.000000606. The van der Waals surface area contributed by atoms with Gasteiger partial charge in [-0.3, -0.25) is 0 Å². The van der Waals surface area contributed by atoms with E-state index >= 15 is 0 Å².